The van der Waals surface area contributed by atoms with Gasteiger partial charge in [-0.2, -0.15) is 0 Å². The largest absolute Gasteiger partial charge is 1.00 e. The lowest BCUT2D eigenvalue weighted by molar-refractivity contribution is -0.702. The van der Waals surface area contributed by atoms with Gasteiger partial charge in [-0.3, -0.25) is 0 Å². The van der Waals surface area contributed by atoms with Crippen molar-refractivity contribution in [3.05, 3.63) is 54.1 Å². The molecule has 2 aromatic rings. The van der Waals surface area contributed by atoms with Crippen LogP contribution in [0.25, 0.3) is 0 Å². The molecule has 1 aromatic heterocycles. The predicted molar refractivity (Wildman–Crippen MR) is 108 cm³/mol. The van der Waals surface area contributed by atoms with E-state index in [-0.39, 0.29) is 36.4 Å². The molecule has 5 nitrogen and oxygen atoms in total. The summed E-state index contributed by atoms with van der Waals surface area (Å²) in [5.41, 5.74) is -1.76. The molecule has 2 atom stereocenters. The van der Waals surface area contributed by atoms with Crippen molar-refractivity contribution in [2.45, 2.75) is 70.6 Å². The summed E-state index contributed by atoms with van der Waals surface area (Å²) in [5.74, 6) is -3.46. The van der Waals surface area contributed by atoms with Crippen molar-refractivity contribution in [2.24, 2.45) is 5.92 Å². The molecule has 1 N–H and O–H groups in total. The van der Waals surface area contributed by atoms with Crippen LogP contribution in [0.3, 0.4) is 0 Å². The van der Waals surface area contributed by atoms with Crippen LogP contribution in [0.5, 0.6) is 0 Å². The van der Waals surface area contributed by atoms with Gasteiger partial charge < -0.3 is 26.8 Å². The summed E-state index contributed by atoms with van der Waals surface area (Å²) >= 11 is 0. The van der Waals surface area contributed by atoms with Crippen molar-refractivity contribution in [3.8, 4) is 0 Å². The van der Waals surface area contributed by atoms with Gasteiger partial charge in [0.1, 0.15) is 12.4 Å². The number of carbonyl (C=O) groups is 1. The summed E-state index contributed by atoms with van der Waals surface area (Å²) in [4.78, 5) is 12.9. The minimum Gasteiger partial charge on any atom is -1.00 e. The first kappa shape index (κ1) is 25.5. The Labute approximate surface area is 192 Å². The second-order valence-corrected chi connectivity index (χ2v) is 8.15. The van der Waals surface area contributed by atoms with Crippen molar-refractivity contribution >= 4 is 5.97 Å². The Bertz CT molecular complexity index is 860. The first-order chi connectivity index (χ1) is 14.3. The average Bonchev–Trinajstić information content (AvgIpc) is 3.28. The van der Waals surface area contributed by atoms with Crippen LogP contribution in [0.4, 0.5) is 8.78 Å². The number of rotatable bonds is 9. The van der Waals surface area contributed by atoms with Gasteiger partial charge in [0.25, 0.3) is 5.82 Å². The highest BCUT2D eigenvalue weighted by molar-refractivity contribution is 5.81. The monoisotopic (exact) mass is 500 g/mol. The fourth-order valence-corrected chi connectivity index (χ4v) is 4.28. The first-order valence-electron chi connectivity index (χ1n) is 10.7. The molecular weight excluding hydrogens is 470 g/mol. The van der Waals surface area contributed by atoms with Gasteiger partial charge in [0.15, 0.2) is 5.60 Å². The number of aryl methyl sites for hydroxylation is 2. The van der Waals surface area contributed by atoms with E-state index in [4.69, 9.17) is 4.74 Å². The highest BCUT2D eigenvalue weighted by Gasteiger charge is 2.54. The molecule has 0 aliphatic heterocycles. The van der Waals surface area contributed by atoms with Crippen molar-refractivity contribution in [1.29, 1.82) is 0 Å². The van der Waals surface area contributed by atoms with E-state index in [9.17, 15) is 18.7 Å². The van der Waals surface area contributed by atoms with Crippen LogP contribution in [0.2, 0.25) is 0 Å². The maximum atomic E-state index is 13.8. The number of nitrogens with zero attached hydrogens (tertiary/aromatic N) is 2. The molecule has 1 heterocycles. The Morgan fingerprint density at radius 2 is 2.06 bits per heavy atom. The third-order valence-corrected chi connectivity index (χ3v) is 6.02. The maximum absolute atomic E-state index is 13.8. The molecule has 1 aromatic carbocycles. The Morgan fingerprint density at radius 1 is 1.35 bits per heavy atom. The molecule has 31 heavy (non-hydrogen) atoms. The SMILES string of the molecule is CCC[n+]1ccn(CCCOC(=O)[C@](O)(c2ccccc2)[C@H]2CCC(F)(F)C2)c1C.[Br-]. The number of alkyl halides is 2. The Hall–Kier alpha value is -1.80. The minimum absolute atomic E-state index is 0. The molecule has 0 spiro atoms. The van der Waals surface area contributed by atoms with Crippen LogP contribution >= 0.6 is 0 Å². The molecule has 8 heteroatoms. The van der Waals surface area contributed by atoms with E-state index in [0.717, 1.165) is 18.8 Å². The molecule has 1 aliphatic rings. The van der Waals surface area contributed by atoms with Gasteiger partial charge in [0, 0.05) is 32.1 Å². The van der Waals surface area contributed by atoms with E-state index in [2.05, 4.69) is 16.1 Å². The topological polar surface area (TPSA) is 55.3 Å². The lowest BCUT2D eigenvalue weighted by atomic mass is 9.80. The predicted octanol–water partition coefficient (Wildman–Crippen LogP) is 0.755. The highest BCUT2D eigenvalue weighted by Crippen LogP contribution is 2.47. The molecule has 0 saturated heterocycles. The normalized spacial score (nSPS) is 19.5. The van der Waals surface area contributed by atoms with Gasteiger partial charge in [0.05, 0.1) is 19.7 Å². The Kier molecular flexibility index (Phi) is 8.77. The zero-order chi connectivity index (χ0) is 21.8. The van der Waals surface area contributed by atoms with Crippen LogP contribution in [0.15, 0.2) is 42.7 Å². The number of aromatic nitrogens is 2. The number of hydrogen-bond donors (Lipinski definition) is 1. The number of benzene rings is 1. The van der Waals surface area contributed by atoms with E-state index >= 15 is 0 Å². The molecule has 172 valence electrons. The lowest BCUT2D eigenvalue weighted by Crippen LogP contribution is -3.00. The smallest absolute Gasteiger partial charge is 0.343 e. The molecule has 1 saturated carbocycles. The summed E-state index contributed by atoms with van der Waals surface area (Å²) < 4.78 is 37.3. The van der Waals surface area contributed by atoms with Crippen molar-refractivity contribution < 1.29 is 45.0 Å². The van der Waals surface area contributed by atoms with Gasteiger partial charge in [-0.1, -0.05) is 37.3 Å². The van der Waals surface area contributed by atoms with Crippen LogP contribution in [-0.4, -0.2) is 28.2 Å². The van der Waals surface area contributed by atoms with E-state index in [1.165, 1.54) is 0 Å². The molecule has 0 bridgehead atoms. The number of hydrogen-bond acceptors (Lipinski definition) is 3. The molecular formula is C23H31BrF2N2O3. The minimum atomic E-state index is -2.87. The number of esters is 1. The second kappa shape index (κ2) is 10.7. The molecule has 0 amide bonds. The molecule has 0 radical (unpaired) electrons. The first-order valence-corrected chi connectivity index (χ1v) is 10.7. The van der Waals surface area contributed by atoms with Crippen molar-refractivity contribution in [2.75, 3.05) is 6.61 Å². The van der Waals surface area contributed by atoms with Crippen LogP contribution in [0.1, 0.15) is 50.4 Å². The summed E-state index contributed by atoms with van der Waals surface area (Å²) in [6.45, 7) is 5.89. The zero-order valence-corrected chi connectivity index (χ0v) is 19.7. The van der Waals surface area contributed by atoms with E-state index in [1.807, 2.05) is 19.3 Å². The highest BCUT2D eigenvalue weighted by atomic mass is 79.9. The summed E-state index contributed by atoms with van der Waals surface area (Å²) in [6, 6.07) is 8.30. The molecule has 1 fully saturated rings. The number of ether oxygens (including phenoxy) is 1. The van der Waals surface area contributed by atoms with Gasteiger partial charge in [-0.05, 0) is 18.4 Å². The van der Waals surface area contributed by atoms with Crippen LogP contribution in [0, 0.1) is 12.8 Å². The third kappa shape index (κ3) is 5.71. The maximum Gasteiger partial charge on any atom is 0.343 e. The fourth-order valence-electron chi connectivity index (χ4n) is 4.28. The van der Waals surface area contributed by atoms with E-state index < -0.39 is 29.8 Å². The third-order valence-electron chi connectivity index (χ3n) is 6.02. The number of carbonyl (C=O) groups excluding carboxylic acids is 1. The van der Waals surface area contributed by atoms with Gasteiger partial charge in [0.2, 0.25) is 5.92 Å². The average molecular weight is 501 g/mol. The van der Waals surface area contributed by atoms with Gasteiger partial charge in [-0.15, -0.1) is 0 Å². The Morgan fingerprint density at radius 3 is 2.68 bits per heavy atom. The summed E-state index contributed by atoms with van der Waals surface area (Å²) in [6.07, 6.45) is 4.86. The Balaban J connectivity index is 0.00000341. The molecule has 1 aliphatic carbocycles. The van der Waals surface area contributed by atoms with E-state index in [1.54, 1.807) is 30.3 Å². The standard InChI is InChI=1S/C23H31F2N2O3.BrH/c1-3-12-26-14-15-27(18(26)2)13-7-16-30-21(28)23(29,19-8-5-4-6-9-19)20-10-11-22(24,25)17-20;/h4-6,8-9,14-15,20,29H,3,7,10-13,16-17H2,1-2H3;1H/q+1;/p-1/t20-,23-;/m0./s1. The van der Waals surface area contributed by atoms with Crippen molar-refractivity contribution in [3.63, 3.8) is 0 Å². The van der Waals surface area contributed by atoms with Gasteiger partial charge >= 0.3 is 5.97 Å². The van der Waals surface area contributed by atoms with Crippen LogP contribution < -0.4 is 21.5 Å². The quantitative estimate of drug-likeness (QED) is 0.314. The van der Waals surface area contributed by atoms with Crippen LogP contribution in [-0.2, 0) is 28.2 Å². The molecule has 3 rings (SSSR count). The van der Waals surface area contributed by atoms with Crippen molar-refractivity contribution in [1.82, 2.24) is 4.57 Å². The van der Waals surface area contributed by atoms with Gasteiger partial charge in [-0.25, -0.2) is 22.7 Å². The summed E-state index contributed by atoms with van der Waals surface area (Å²) in [5, 5.41) is 11.3. The zero-order valence-electron chi connectivity index (χ0n) is 18.1. The number of imidazole rings is 1. The summed E-state index contributed by atoms with van der Waals surface area (Å²) in [7, 11) is 0. The number of aliphatic hydroxyl groups is 1. The lowest BCUT2D eigenvalue weighted by Gasteiger charge is -2.32. The second-order valence-electron chi connectivity index (χ2n) is 8.15. The molecule has 0 unspecified atom stereocenters. The fraction of sp³-hybridized carbons (Fsp3) is 0.565. The van der Waals surface area contributed by atoms with E-state index in [0.29, 0.717) is 18.5 Å². The number of halogens is 3.